The van der Waals surface area contributed by atoms with Crippen LogP contribution in [0.25, 0.3) is 0 Å². The second-order valence-electron chi connectivity index (χ2n) is 3.22. The predicted molar refractivity (Wildman–Crippen MR) is 54.5 cm³/mol. The smallest absolute Gasteiger partial charge is 0.365 e. The largest absolute Gasteiger partial charge is 0.469 e. The highest BCUT2D eigenvalue weighted by Gasteiger charge is 2.31. The molecule has 0 aromatic heterocycles. The van der Waals surface area contributed by atoms with Crippen molar-refractivity contribution in [2.24, 2.45) is 0 Å². The topological polar surface area (TPSA) is 57.0 Å². The van der Waals surface area contributed by atoms with Crippen LogP contribution in [0.5, 0.6) is 0 Å². The summed E-state index contributed by atoms with van der Waals surface area (Å²) in [5.41, 5.74) is 0. The van der Waals surface area contributed by atoms with Crippen molar-refractivity contribution in [3.05, 3.63) is 0 Å². The van der Waals surface area contributed by atoms with Crippen LogP contribution in [0.15, 0.2) is 0 Å². The van der Waals surface area contributed by atoms with Crippen molar-refractivity contribution in [3.8, 4) is 0 Å². The van der Waals surface area contributed by atoms with Gasteiger partial charge in [0.15, 0.2) is 6.04 Å². The maximum absolute atomic E-state index is 11.5. The maximum atomic E-state index is 11.5. The molecule has 0 aliphatic rings. The van der Waals surface area contributed by atoms with Gasteiger partial charge in [0.25, 0.3) is 0 Å². The normalized spacial score (nSPS) is 12.3. The van der Waals surface area contributed by atoms with Crippen LogP contribution in [0.4, 0.5) is 0 Å². The molecular weight excluding hydrogens is 198 g/mol. The zero-order valence-corrected chi connectivity index (χ0v) is 9.83. The van der Waals surface area contributed by atoms with Crippen LogP contribution < -0.4 is 4.90 Å². The summed E-state index contributed by atoms with van der Waals surface area (Å²) in [7, 11) is 2.64. The molecule has 0 aliphatic carbocycles. The van der Waals surface area contributed by atoms with Gasteiger partial charge >= 0.3 is 11.9 Å². The zero-order valence-electron chi connectivity index (χ0n) is 9.83. The third kappa shape index (κ3) is 4.29. The molecule has 0 saturated carbocycles. The molecule has 0 heterocycles. The molecule has 0 aromatic rings. The molecule has 0 aliphatic heterocycles. The number of esters is 2. The van der Waals surface area contributed by atoms with E-state index in [1.807, 2.05) is 13.8 Å². The summed E-state index contributed by atoms with van der Waals surface area (Å²) in [5.74, 6) is -0.746. The van der Waals surface area contributed by atoms with Gasteiger partial charge < -0.3 is 14.4 Å². The molecule has 0 radical (unpaired) electrons. The lowest BCUT2D eigenvalue weighted by Crippen LogP contribution is -3.16. The van der Waals surface area contributed by atoms with Gasteiger partial charge in [-0.2, -0.15) is 0 Å². The van der Waals surface area contributed by atoms with E-state index < -0.39 is 6.04 Å². The summed E-state index contributed by atoms with van der Waals surface area (Å²) in [6.45, 7) is 5.47. The van der Waals surface area contributed by atoms with E-state index in [9.17, 15) is 9.59 Å². The van der Waals surface area contributed by atoms with E-state index in [0.717, 1.165) is 18.0 Å². The minimum Gasteiger partial charge on any atom is -0.469 e. The molecule has 0 rings (SSSR count). The summed E-state index contributed by atoms with van der Waals surface area (Å²) in [5, 5.41) is 0. The number of likely N-dealkylation sites (N-methyl/N-ethyl adjacent to an activating group) is 1. The number of quaternary nitrogens is 1. The summed E-state index contributed by atoms with van der Waals surface area (Å²) in [6, 6.07) is -0.461. The first-order valence-corrected chi connectivity index (χ1v) is 5.09. The first kappa shape index (κ1) is 13.9. The Labute approximate surface area is 90.3 Å². The Balaban J connectivity index is 4.56. The monoisotopic (exact) mass is 218 g/mol. The van der Waals surface area contributed by atoms with E-state index in [-0.39, 0.29) is 18.4 Å². The minimum absolute atomic E-state index is 0.0696. The highest BCUT2D eigenvalue weighted by atomic mass is 16.5. The molecule has 0 bridgehead atoms. The van der Waals surface area contributed by atoms with E-state index in [4.69, 9.17) is 0 Å². The Morgan fingerprint density at radius 3 is 2.00 bits per heavy atom. The molecule has 0 fully saturated rings. The summed E-state index contributed by atoms with van der Waals surface area (Å²) in [6.07, 6.45) is 0.0696. The summed E-state index contributed by atoms with van der Waals surface area (Å²) < 4.78 is 9.23. The number of rotatable bonds is 6. The fourth-order valence-corrected chi connectivity index (χ4v) is 1.53. The average Bonchev–Trinajstić information content (AvgIpc) is 2.27. The van der Waals surface area contributed by atoms with Gasteiger partial charge in [-0.15, -0.1) is 0 Å². The van der Waals surface area contributed by atoms with E-state index >= 15 is 0 Å². The Bertz CT molecular complexity index is 213. The van der Waals surface area contributed by atoms with Crippen molar-refractivity contribution in [2.45, 2.75) is 26.3 Å². The number of ether oxygens (including phenoxy) is 2. The van der Waals surface area contributed by atoms with E-state index in [0.29, 0.717) is 0 Å². The predicted octanol–water partition coefficient (Wildman–Crippen LogP) is -0.984. The third-order valence-corrected chi connectivity index (χ3v) is 2.49. The Hall–Kier alpha value is -1.10. The fraction of sp³-hybridized carbons (Fsp3) is 0.800. The molecule has 1 atom stereocenters. The van der Waals surface area contributed by atoms with Gasteiger partial charge in [0.2, 0.25) is 0 Å². The lowest BCUT2D eigenvalue weighted by atomic mass is 10.1. The van der Waals surface area contributed by atoms with Crippen LogP contribution >= 0.6 is 0 Å². The Morgan fingerprint density at radius 1 is 1.13 bits per heavy atom. The van der Waals surface area contributed by atoms with Gasteiger partial charge in [0.1, 0.15) is 6.42 Å². The van der Waals surface area contributed by atoms with Gasteiger partial charge in [-0.05, 0) is 13.8 Å². The van der Waals surface area contributed by atoms with Crippen LogP contribution in [-0.2, 0) is 19.1 Å². The Kier molecular flexibility index (Phi) is 6.70. The van der Waals surface area contributed by atoms with E-state index in [2.05, 4.69) is 9.47 Å². The third-order valence-electron chi connectivity index (χ3n) is 2.49. The maximum Gasteiger partial charge on any atom is 0.365 e. The molecule has 0 saturated heterocycles. The van der Waals surface area contributed by atoms with Gasteiger partial charge in [0, 0.05) is 0 Å². The number of carbonyl (C=O) groups excluding carboxylic acids is 2. The second-order valence-corrected chi connectivity index (χ2v) is 3.22. The van der Waals surface area contributed by atoms with Crippen molar-refractivity contribution < 1.29 is 24.0 Å². The summed E-state index contributed by atoms with van der Waals surface area (Å²) in [4.78, 5) is 23.6. The van der Waals surface area contributed by atoms with Crippen LogP contribution in [-0.4, -0.2) is 45.3 Å². The van der Waals surface area contributed by atoms with Crippen LogP contribution in [0, 0.1) is 0 Å². The summed E-state index contributed by atoms with van der Waals surface area (Å²) >= 11 is 0. The molecule has 0 spiro atoms. The number of methoxy groups -OCH3 is 2. The van der Waals surface area contributed by atoms with Crippen molar-refractivity contribution in [2.75, 3.05) is 27.3 Å². The van der Waals surface area contributed by atoms with Crippen LogP contribution in [0.3, 0.4) is 0 Å². The number of hydrogen-bond acceptors (Lipinski definition) is 4. The highest BCUT2D eigenvalue weighted by Crippen LogP contribution is 1.93. The van der Waals surface area contributed by atoms with Crippen LogP contribution in [0.2, 0.25) is 0 Å². The molecule has 5 heteroatoms. The number of hydrogen-bond donors (Lipinski definition) is 1. The molecule has 88 valence electrons. The lowest BCUT2D eigenvalue weighted by molar-refractivity contribution is -0.912. The molecule has 0 unspecified atom stereocenters. The van der Waals surface area contributed by atoms with Crippen molar-refractivity contribution in [1.82, 2.24) is 0 Å². The minimum atomic E-state index is -0.461. The van der Waals surface area contributed by atoms with Crippen LogP contribution in [0.1, 0.15) is 20.3 Å². The molecule has 0 amide bonds. The van der Waals surface area contributed by atoms with Gasteiger partial charge in [-0.1, -0.05) is 0 Å². The lowest BCUT2D eigenvalue weighted by Gasteiger charge is -2.23. The molecule has 15 heavy (non-hydrogen) atoms. The van der Waals surface area contributed by atoms with E-state index in [1.165, 1.54) is 14.2 Å². The number of carbonyl (C=O) groups is 2. The quantitative estimate of drug-likeness (QED) is 0.582. The first-order valence-electron chi connectivity index (χ1n) is 5.09. The molecular formula is C10H20NO4+. The number of nitrogens with one attached hydrogen (secondary N) is 1. The average molecular weight is 218 g/mol. The van der Waals surface area contributed by atoms with Gasteiger partial charge in [-0.3, -0.25) is 4.79 Å². The standard InChI is InChI=1S/C10H19NO4/c1-5-11(6-2)8(10(13)15-4)7-9(12)14-3/h8H,5-7H2,1-4H3/p+1/t8-/m0/s1. The zero-order chi connectivity index (χ0) is 11.8. The molecule has 1 N–H and O–H groups in total. The second kappa shape index (κ2) is 7.23. The van der Waals surface area contributed by atoms with Crippen molar-refractivity contribution in [1.29, 1.82) is 0 Å². The molecule has 0 aromatic carbocycles. The first-order chi connectivity index (χ1) is 7.10. The molecule has 5 nitrogen and oxygen atoms in total. The van der Waals surface area contributed by atoms with Gasteiger partial charge in [-0.25, -0.2) is 4.79 Å². The van der Waals surface area contributed by atoms with E-state index in [1.54, 1.807) is 0 Å². The SMILES string of the molecule is CC[NH+](CC)[C@@H](CC(=O)OC)C(=O)OC. The highest BCUT2D eigenvalue weighted by molar-refractivity contribution is 5.81. The fourth-order valence-electron chi connectivity index (χ4n) is 1.53. The Morgan fingerprint density at radius 2 is 1.67 bits per heavy atom. The van der Waals surface area contributed by atoms with Gasteiger partial charge in [0.05, 0.1) is 27.3 Å². The van der Waals surface area contributed by atoms with Crippen molar-refractivity contribution >= 4 is 11.9 Å². The van der Waals surface area contributed by atoms with Crippen molar-refractivity contribution in [3.63, 3.8) is 0 Å².